The Balaban J connectivity index is 2.43. The normalized spacial score (nSPS) is 10.4. The van der Waals surface area contributed by atoms with Crippen LogP contribution in [0.5, 0.6) is 0 Å². The topological polar surface area (TPSA) is 17.1 Å². The van der Waals surface area contributed by atoms with Gasteiger partial charge in [-0.2, -0.15) is 0 Å². The molecule has 0 saturated heterocycles. The summed E-state index contributed by atoms with van der Waals surface area (Å²) in [7, 11) is 0. The highest BCUT2D eigenvalue weighted by Gasteiger charge is 2.15. The molecule has 2 aromatic rings. The van der Waals surface area contributed by atoms with Crippen molar-refractivity contribution in [3.8, 4) is 0 Å². The molecule has 0 bridgehead atoms. The van der Waals surface area contributed by atoms with Crippen LogP contribution in [0.3, 0.4) is 0 Å². The molecule has 0 unspecified atom stereocenters. The van der Waals surface area contributed by atoms with E-state index < -0.39 is 0 Å². The second-order valence-corrected chi connectivity index (χ2v) is 6.19. The molecule has 0 amide bonds. The number of hydrogen-bond acceptors (Lipinski definition) is 2. The Morgan fingerprint density at radius 2 is 2.06 bits per heavy atom. The number of rotatable bonds is 2. The van der Waals surface area contributed by atoms with E-state index in [0.717, 1.165) is 14.7 Å². The van der Waals surface area contributed by atoms with Gasteiger partial charge in [-0.25, -0.2) is 0 Å². The van der Waals surface area contributed by atoms with Crippen molar-refractivity contribution in [1.29, 1.82) is 0 Å². The zero-order valence-electron chi connectivity index (χ0n) is 8.46. The van der Waals surface area contributed by atoms with Crippen LogP contribution in [0.25, 0.3) is 0 Å². The molecule has 1 heterocycles. The lowest BCUT2D eigenvalue weighted by Gasteiger charge is -2.00. The van der Waals surface area contributed by atoms with E-state index in [-0.39, 0.29) is 5.78 Å². The van der Waals surface area contributed by atoms with Crippen molar-refractivity contribution in [2.45, 2.75) is 6.92 Å². The Labute approximate surface area is 117 Å². The standard InChI is InChI=1S/C12H8ClIOS/c1-7-6-10(16-12(7)13)11(15)8-4-2-3-5-9(8)14/h2-6H,1H3. The number of carbonyl (C=O) groups excluding carboxylic acids is 1. The van der Waals surface area contributed by atoms with Gasteiger partial charge in [-0.1, -0.05) is 23.7 Å². The van der Waals surface area contributed by atoms with E-state index in [1.807, 2.05) is 37.3 Å². The highest BCUT2D eigenvalue weighted by Crippen LogP contribution is 2.29. The predicted molar refractivity (Wildman–Crippen MR) is 76.7 cm³/mol. The zero-order valence-corrected chi connectivity index (χ0v) is 12.2. The Kier molecular flexibility index (Phi) is 3.66. The van der Waals surface area contributed by atoms with Crippen LogP contribution >= 0.6 is 45.5 Å². The molecule has 16 heavy (non-hydrogen) atoms. The van der Waals surface area contributed by atoms with E-state index in [1.165, 1.54) is 11.3 Å². The number of hydrogen-bond donors (Lipinski definition) is 0. The van der Waals surface area contributed by atoms with Gasteiger partial charge in [0.15, 0.2) is 0 Å². The van der Waals surface area contributed by atoms with Gasteiger partial charge in [-0.3, -0.25) is 4.79 Å². The number of benzene rings is 1. The largest absolute Gasteiger partial charge is 0.288 e. The maximum atomic E-state index is 12.2. The van der Waals surface area contributed by atoms with Crippen molar-refractivity contribution in [3.63, 3.8) is 0 Å². The Morgan fingerprint density at radius 1 is 1.38 bits per heavy atom. The van der Waals surface area contributed by atoms with Crippen molar-refractivity contribution in [2.24, 2.45) is 0 Å². The fourth-order valence-electron chi connectivity index (χ4n) is 1.35. The summed E-state index contributed by atoms with van der Waals surface area (Å²) in [6.45, 7) is 1.91. The summed E-state index contributed by atoms with van der Waals surface area (Å²) < 4.78 is 1.65. The third-order valence-electron chi connectivity index (χ3n) is 2.20. The van der Waals surface area contributed by atoms with Crippen LogP contribution < -0.4 is 0 Å². The molecule has 0 saturated carbocycles. The van der Waals surface area contributed by atoms with Crippen molar-refractivity contribution in [2.75, 3.05) is 0 Å². The minimum Gasteiger partial charge on any atom is -0.288 e. The lowest BCUT2D eigenvalue weighted by Crippen LogP contribution is -2.00. The maximum Gasteiger partial charge on any atom is 0.204 e. The molecule has 0 fully saturated rings. The molecule has 1 nitrogen and oxygen atoms in total. The number of ketones is 1. The Bertz CT molecular complexity index is 528. The Morgan fingerprint density at radius 3 is 2.62 bits per heavy atom. The molecule has 0 aliphatic rings. The first-order chi connectivity index (χ1) is 7.59. The van der Waals surface area contributed by atoms with Gasteiger partial charge in [0.2, 0.25) is 5.78 Å². The van der Waals surface area contributed by atoms with E-state index in [4.69, 9.17) is 11.6 Å². The predicted octanol–water partition coefficient (Wildman–Crippen LogP) is 4.55. The lowest BCUT2D eigenvalue weighted by atomic mass is 10.1. The lowest BCUT2D eigenvalue weighted by molar-refractivity contribution is 0.104. The summed E-state index contributed by atoms with van der Waals surface area (Å²) in [5, 5.41) is 0. The number of carbonyl (C=O) groups is 1. The molecule has 0 aliphatic carbocycles. The molecule has 0 atom stereocenters. The maximum absolute atomic E-state index is 12.2. The van der Waals surface area contributed by atoms with E-state index in [2.05, 4.69) is 22.6 Å². The molecule has 0 aliphatic heterocycles. The summed E-state index contributed by atoms with van der Waals surface area (Å²) in [5.74, 6) is 0.0463. The third kappa shape index (κ3) is 2.31. The molecular formula is C12H8ClIOS. The molecular weight excluding hydrogens is 355 g/mol. The number of thiophene rings is 1. The molecule has 2 rings (SSSR count). The Hall–Kier alpha value is -0.390. The van der Waals surface area contributed by atoms with Crippen LogP contribution in [0.1, 0.15) is 20.8 Å². The molecule has 0 N–H and O–H groups in total. The second kappa shape index (κ2) is 4.85. The van der Waals surface area contributed by atoms with Crippen LogP contribution in [-0.4, -0.2) is 5.78 Å². The van der Waals surface area contributed by atoms with Gasteiger partial charge < -0.3 is 0 Å². The van der Waals surface area contributed by atoms with Gasteiger partial charge in [0.05, 0.1) is 9.21 Å². The highest BCUT2D eigenvalue weighted by molar-refractivity contribution is 14.1. The van der Waals surface area contributed by atoms with Crippen LogP contribution in [0.15, 0.2) is 30.3 Å². The van der Waals surface area contributed by atoms with Crippen molar-refractivity contribution in [1.82, 2.24) is 0 Å². The molecule has 82 valence electrons. The second-order valence-electron chi connectivity index (χ2n) is 3.38. The monoisotopic (exact) mass is 362 g/mol. The van der Waals surface area contributed by atoms with Crippen molar-refractivity contribution >= 4 is 51.3 Å². The fourth-order valence-corrected chi connectivity index (χ4v) is 3.14. The molecule has 4 heteroatoms. The van der Waals surface area contributed by atoms with Crippen LogP contribution in [0, 0.1) is 10.5 Å². The molecule has 1 aromatic heterocycles. The summed E-state index contributed by atoms with van der Waals surface area (Å²) in [6.07, 6.45) is 0. The first-order valence-electron chi connectivity index (χ1n) is 4.65. The smallest absolute Gasteiger partial charge is 0.204 e. The van der Waals surface area contributed by atoms with Gasteiger partial charge in [-0.05, 0) is 53.3 Å². The van der Waals surface area contributed by atoms with Crippen LogP contribution in [0.2, 0.25) is 4.34 Å². The average Bonchev–Trinajstić information content (AvgIpc) is 2.59. The average molecular weight is 363 g/mol. The highest BCUT2D eigenvalue weighted by atomic mass is 127. The molecule has 0 radical (unpaired) electrons. The zero-order chi connectivity index (χ0) is 11.7. The number of aryl methyl sites for hydroxylation is 1. The SMILES string of the molecule is Cc1cc(C(=O)c2ccccc2I)sc1Cl. The van der Waals surface area contributed by atoms with E-state index in [1.54, 1.807) is 0 Å². The molecule has 1 aromatic carbocycles. The van der Waals surface area contributed by atoms with Crippen LogP contribution in [-0.2, 0) is 0 Å². The summed E-state index contributed by atoms with van der Waals surface area (Å²) >= 11 is 9.47. The summed E-state index contributed by atoms with van der Waals surface area (Å²) in [6, 6.07) is 9.41. The summed E-state index contributed by atoms with van der Waals surface area (Å²) in [5.41, 5.74) is 1.70. The van der Waals surface area contributed by atoms with E-state index in [0.29, 0.717) is 9.21 Å². The van der Waals surface area contributed by atoms with Crippen molar-refractivity contribution in [3.05, 3.63) is 54.2 Å². The minimum absolute atomic E-state index is 0.0463. The van der Waals surface area contributed by atoms with Crippen molar-refractivity contribution < 1.29 is 4.79 Å². The molecule has 0 spiro atoms. The first-order valence-corrected chi connectivity index (χ1v) is 6.92. The first kappa shape index (κ1) is 12.1. The quantitative estimate of drug-likeness (QED) is 0.566. The van der Waals surface area contributed by atoms with E-state index in [9.17, 15) is 4.79 Å². The van der Waals surface area contributed by atoms with Gasteiger partial charge in [0, 0.05) is 9.13 Å². The third-order valence-corrected chi connectivity index (χ3v) is 4.69. The van der Waals surface area contributed by atoms with Gasteiger partial charge in [0.25, 0.3) is 0 Å². The summed E-state index contributed by atoms with van der Waals surface area (Å²) in [4.78, 5) is 12.9. The van der Waals surface area contributed by atoms with Gasteiger partial charge >= 0.3 is 0 Å². The number of halogens is 2. The van der Waals surface area contributed by atoms with Gasteiger partial charge in [0.1, 0.15) is 0 Å². The van der Waals surface area contributed by atoms with Crippen LogP contribution in [0.4, 0.5) is 0 Å². The van der Waals surface area contributed by atoms with E-state index >= 15 is 0 Å². The van der Waals surface area contributed by atoms with Gasteiger partial charge in [-0.15, -0.1) is 11.3 Å². The fraction of sp³-hybridized carbons (Fsp3) is 0.0833. The minimum atomic E-state index is 0.0463.